The van der Waals surface area contributed by atoms with Gasteiger partial charge in [-0.25, -0.2) is 4.79 Å². The molecule has 3 aliphatic rings. The number of esters is 1. The van der Waals surface area contributed by atoms with Crippen molar-refractivity contribution in [2.45, 2.75) is 84.3 Å². The third-order valence-electron chi connectivity index (χ3n) is 6.07. The zero-order valence-electron chi connectivity index (χ0n) is 18.8. The van der Waals surface area contributed by atoms with Crippen molar-refractivity contribution in [3.8, 4) is 0 Å². The fourth-order valence-corrected chi connectivity index (χ4v) is 7.01. The van der Waals surface area contributed by atoms with Crippen molar-refractivity contribution in [1.82, 2.24) is 0 Å². The molecule has 0 saturated carbocycles. The van der Waals surface area contributed by atoms with Gasteiger partial charge in [0.1, 0.15) is 19.6 Å². The first-order valence-corrected chi connectivity index (χ1v) is 13.6. The lowest BCUT2D eigenvalue weighted by molar-refractivity contribution is -0.936. The molecule has 0 aromatic carbocycles. The first kappa shape index (κ1) is 24.5. The smallest absolute Gasteiger partial charge is 0.458 e. The summed E-state index contributed by atoms with van der Waals surface area (Å²) < 4.78 is 26.0. The zero-order valence-corrected chi connectivity index (χ0v) is 19.8. The van der Waals surface area contributed by atoms with Crippen LogP contribution in [0, 0.1) is 0 Å². The van der Waals surface area contributed by atoms with Gasteiger partial charge in [-0.05, 0) is 19.3 Å². The van der Waals surface area contributed by atoms with Gasteiger partial charge < -0.3 is 22.5 Å². The Kier molecular flexibility index (Phi) is 10.3. The van der Waals surface area contributed by atoms with E-state index in [4.69, 9.17) is 18.0 Å². The van der Waals surface area contributed by atoms with E-state index >= 15 is 0 Å². The van der Waals surface area contributed by atoms with E-state index in [1.807, 2.05) is 0 Å². The van der Waals surface area contributed by atoms with E-state index in [0.29, 0.717) is 6.61 Å². The highest BCUT2D eigenvalue weighted by Gasteiger charge is 2.54. The minimum atomic E-state index is -3.10. The Bertz CT molecular complexity index is 495. The Morgan fingerprint density at radius 3 is 2.17 bits per heavy atom. The third-order valence-corrected chi connectivity index (χ3v) is 8.59. The first-order chi connectivity index (χ1) is 14.0. The van der Waals surface area contributed by atoms with Crippen molar-refractivity contribution in [2.24, 2.45) is 0 Å². The molecule has 3 saturated heterocycles. The summed E-state index contributed by atoms with van der Waals surface area (Å²) in [7, 11) is -3.10. The Labute approximate surface area is 178 Å². The number of quaternary nitrogens is 1. The molecule has 2 unspecified atom stereocenters. The van der Waals surface area contributed by atoms with E-state index < -0.39 is 14.8 Å². The highest BCUT2D eigenvalue weighted by atomic mass is 28.4. The molecule has 2 bridgehead atoms. The third kappa shape index (κ3) is 7.47. The molecule has 0 spiro atoms. The summed E-state index contributed by atoms with van der Waals surface area (Å²) >= 11 is 0. The lowest BCUT2D eigenvalue weighted by Gasteiger charge is -2.50. The van der Waals surface area contributed by atoms with Gasteiger partial charge in [0.15, 0.2) is 6.23 Å². The SMILES string of the molecule is C=CC(=O)OC[Si]12OCC[N+](CCCC)(CC(CCCC)O1)CC(CCCC)O2. The Morgan fingerprint density at radius 2 is 1.66 bits per heavy atom. The summed E-state index contributed by atoms with van der Waals surface area (Å²) in [6, 6.07) is 0. The van der Waals surface area contributed by atoms with Crippen molar-refractivity contribution in [3.05, 3.63) is 12.7 Å². The van der Waals surface area contributed by atoms with Gasteiger partial charge in [-0.3, -0.25) is 0 Å². The lowest BCUT2D eigenvalue weighted by Crippen LogP contribution is -2.69. The summed E-state index contributed by atoms with van der Waals surface area (Å²) in [6.45, 7) is 14.9. The van der Waals surface area contributed by atoms with Gasteiger partial charge in [-0.15, -0.1) is 0 Å². The monoisotopic (exact) mass is 428 g/mol. The van der Waals surface area contributed by atoms with Crippen LogP contribution in [0.5, 0.6) is 0 Å². The average molecular weight is 429 g/mol. The van der Waals surface area contributed by atoms with E-state index in [0.717, 1.165) is 69.2 Å². The maximum atomic E-state index is 11.8. The normalized spacial score (nSPS) is 32.2. The molecule has 3 fully saturated rings. The van der Waals surface area contributed by atoms with E-state index in [-0.39, 0.29) is 18.4 Å². The topological polar surface area (TPSA) is 54.0 Å². The molecule has 168 valence electrons. The van der Waals surface area contributed by atoms with E-state index in [1.54, 1.807) is 0 Å². The average Bonchev–Trinajstić information content (AvgIpc) is 2.69. The second-order valence-electron chi connectivity index (χ2n) is 8.62. The number of unbranched alkanes of at least 4 members (excludes halogenated alkanes) is 3. The minimum Gasteiger partial charge on any atom is -0.458 e. The number of hydrogen-bond acceptors (Lipinski definition) is 5. The molecular weight excluding hydrogens is 386 g/mol. The van der Waals surface area contributed by atoms with E-state index in [9.17, 15) is 4.79 Å². The van der Waals surface area contributed by atoms with Gasteiger partial charge in [0.25, 0.3) is 0 Å². The van der Waals surface area contributed by atoms with Crippen LogP contribution in [-0.2, 0) is 22.8 Å². The van der Waals surface area contributed by atoms with Crippen LogP contribution in [0.2, 0.25) is 0 Å². The molecule has 7 heteroatoms. The molecule has 0 aliphatic carbocycles. The van der Waals surface area contributed by atoms with Gasteiger partial charge >= 0.3 is 14.8 Å². The van der Waals surface area contributed by atoms with Crippen LogP contribution >= 0.6 is 0 Å². The van der Waals surface area contributed by atoms with Crippen molar-refractivity contribution in [1.29, 1.82) is 0 Å². The zero-order chi connectivity index (χ0) is 21.2. The van der Waals surface area contributed by atoms with Crippen molar-refractivity contribution >= 4 is 14.8 Å². The molecule has 3 heterocycles. The number of ether oxygens (including phenoxy) is 1. The second-order valence-corrected chi connectivity index (χ2v) is 11.0. The fraction of sp³-hybridized carbons (Fsp3) is 0.864. The van der Waals surface area contributed by atoms with Gasteiger partial charge in [0, 0.05) is 6.08 Å². The summed E-state index contributed by atoms with van der Waals surface area (Å²) in [5, 5.41) is 0. The minimum absolute atomic E-state index is 0.0814. The fourth-order valence-electron chi connectivity index (χ4n) is 4.47. The van der Waals surface area contributed by atoms with Gasteiger partial charge in [-0.1, -0.05) is 59.5 Å². The highest BCUT2D eigenvalue weighted by molar-refractivity contribution is 6.61. The summed E-state index contributed by atoms with van der Waals surface area (Å²) in [6.07, 6.45) is 10.4. The van der Waals surface area contributed by atoms with Gasteiger partial charge in [0.05, 0.1) is 25.4 Å². The molecule has 3 aliphatic heterocycles. The van der Waals surface area contributed by atoms with Crippen LogP contribution in [0.25, 0.3) is 0 Å². The number of carbonyl (C=O) groups excluding carboxylic acids is 1. The molecule has 0 radical (unpaired) electrons. The molecular formula is C22H42NO5Si+. The molecule has 3 rings (SSSR count). The predicted octanol–water partition coefficient (Wildman–Crippen LogP) is 4.01. The number of hydrogen-bond donors (Lipinski definition) is 0. The highest BCUT2D eigenvalue weighted by Crippen LogP contribution is 2.31. The molecule has 0 aromatic heterocycles. The number of rotatable bonds is 12. The molecule has 0 amide bonds. The standard InChI is InChI=1S/C22H42NO5Si/c1-5-9-12-20-17-23(14-11-7-3)15-16-26-29(27-20,19-25-22(24)8-4)28-21(18-23)13-10-6-2/h8,20-21H,4-7,9-19H2,1-3H3/q+1. The largest absolute Gasteiger partial charge is 0.541 e. The summed E-state index contributed by atoms with van der Waals surface area (Å²) in [5.41, 5.74) is 0. The first-order valence-electron chi connectivity index (χ1n) is 11.6. The van der Waals surface area contributed by atoms with Crippen LogP contribution < -0.4 is 0 Å². The molecule has 6 nitrogen and oxygen atoms in total. The molecule has 0 N–H and O–H groups in total. The number of fused-ring (bicyclic) bond motifs is 6. The van der Waals surface area contributed by atoms with Crippen LogP contribution in [0.1, 0.15) is 72.1 Å². The quantitative estimate of drug-likeness (QED) is 0.203. The van der Waals surface area contributed by atoms with Crippen molar-refractivity contribution in [3.63, 3.8) is 0 Å². The second kappa shape index (κ2) is 12.2. The van der Waals surface area contributed by atoms with Crippen molar-refractivity contribution in [2.75, 3.05) is 39.0 Å². The predicted molar refractivity (Wildman–Crippen MR) is 116 cm³/mol. The summed E-state index contributed by atoms with van der Waals surface area (Å²) in [4.78, 5) is 11.8. The molecule has 2 atom stereocenters. The Hall–Kier alpha value is -0.733. The van der Waals surface area contributed by atoms with Crippen LogP contribution in [0.15, 0.2) is 12.7 Å². The summed E-state index contributed by atoms with van der Waals surface area (Å²) in [5.74, 6) is -0.449. The Balaban J connectivity index is 2.29. The number of nitrogens with zero attached hydrogens (tertiary/aromatic N) is 1. The van der Waals surface area contributed by atoms with Gasteiger partial charge in [0.2, 0.25) is 0 Å². The van der Waals surface area contributed by atoms with Crippen LogP contribution in [-0.4, -0.2) is 70.5 Å². The van der Waals surface area contributed by atoms with Crippen LogP contribution in [0.3, 0.4) is 0 Å². The number of carbonyl (C=O) groups is 1. The van der Waals surface area contributed by atoms with Crippen molar-refractivity contribution < 1.29 is 27.3 Å². The maximum Gasteiger partial charge on any atom is 0.541 e. The van der Waals surface area contributed by atoms with Crippen LogP contribution in [0.4, 0.5) is 0 Å². The lowest BCUT2D eigenvalue weighted by atomic mass is 10.1. The maximum absolute atomic E-state index is 11.8. The Morgan fingerprint density at radius 1 is 1.07 bits per heavy atom. The van der Waals surface area contributed by atoms with Gasteiger partial charge in [-0.2, -0.15) is 0 Å². The van der Waals surface area contributed by atoms with E-state index in [2.05, 4.69) is 27.4 Å². The molecule has 0 aromatic rings. The molecule has 29 heavy (non-hydrogen) atoms. The van der Waals surface area contributed by atoms with E-state index in [1.165, 1.54) is 18.9 Å².